The third-order valence-corrected chi connectivity index (χ3v) is 6.59. The van der Waals surface area contributed by atoms with Gasteiger partial charge >= 0.3 is 0 Å². The SMILES string of the molecule is Cn1c(=O)c(Nc2ccc(N3CCOCC3)cc2F)nc2ccc(-c3cnn(-c4ccccc4)c3)cc21. The molecule has 6 rings (SSSR count). The number of hydrogen-bond donors (Lipinski definition) is 1. The summed E-state index contributed by atoms with van der Waals surface area (Å²) in [6.45, 7) is 2.67. The summed E-state index contributed by atoms with van der Waals surface area (Å²) in [5.74, 6) is -0.378. The minimum Gasteiger partial charge on any atom is -0.378 e. The van der Waals surface area contributed by atoms with Gasteiger partial charge in [0, 0.05) is 37.6 Å². The topological polar surface area (TPSA) is 77.2 Å². The molecule has 3 aromatic carbocycles. The van der Waals surface area contributed by atoms with Crippen molar-refractivity contribution < 1.29 is 9.13 Å². The number of halogens is 1. The summed E-state index contributed by atoms with van der Waals surface area (Å²) in [5.41, 5.74) is 4.73. The quantitative estimate of drug-likeness (QED) is 0.386. The molecule has 1 N–H and O–H groups in total. The lowest BCUT2D eigenvalue weighted by Crippen LogP contribution is -2.36. The van der Waals surface area contributed by atoms with Gasteiger partial charge in [0.25, 0.3) is 5.56 Å². The monoisotopic (exact) mass is 496 g/mol. The number of benzene rings is 3. The van der Waals surface area contributed by atoms with Crippen LogP contribution >= 0.6 is 0 Å². The maximum Gasteiger partial charge on any atom is 0.293 e. The number of hydrogen-bond acceptors (Lipinski definition) is 6. The Morgan fingerprint density at radius 1 is 0.946 bits per heavy atom. The van der Waals surface area contributed by atoms with E-state index >= 15 is 0 Å². The second kappa shape index (κ2) is 9.51. The number of morpholine rings is 1. The van der Waals surface area contributed by atoms with Crippen molar-refractivity contribution in [3.63, 3.8) is 0 Å². The Labute approximate surface area is 212 Å². The van der Waals surface area contributed by atoms with Crippen LogP contribution in [0.2, 0.25) is 0 Å². The van der Waals surface area contributed by atoms with Gasteiger partial charge < -0.3 is 19.5 Å². The van der Waals surface area contributed by atoms with Crippen LogP contribution in [0.3, 0.4) is 0 Å². The Morgan fingerprint density at radius 2 is 1.76 bits per heavy atom. The molecule has 186 valence electrons. The first-order chi connectivity index (χ1) is 18.1. The molecule has 1 aliphatic rings. The van der Waals surface area contributed by atoms with Crippen LogP contribution in [-0.4, -0.2) is 45.6 Å². The van der Waals surface area contributed by atoms with Crippen molar-refractivity contribution in [3.05, 3.63) is 95.3 Å². The Bertz CT molecular complexity index is 1640. The number of anilines is 3. The molecule has 2 aromatic heterocycles. The summed E-state index contributed by atoms with van der Waals surface area (Å²) >= 11 is 0. The number of nitrogens with zero attached hydrogens (tertiary/aromatic N) is 5. The highest BCUT2D eigenvalue weighted by atomic mass is 19.1. The van der Waals surface area contributed by atoms with E-state index in [2.05, 4.69) is 20.3 Å². The summed E-state index contributed by atoms with van der Waals surface area (Å²) < 4.78 is 23.6. The lowest BCUT2D eigenvalue weighted by Gasteiger charge is -2.29. The molecule has 0 radical (unpaired) electrons. The predicted octanol–water partition coefficient (Wildman–Crippen LogP) is 4.51. The van der Waals surface area contributed by atoms with Crippen LogP contribution < -0.4 is 15.8 Å². The molecule has 5 aromatic rings. The zero-order valence-corrected chi connectivity index (χ0v) is 20.3. The average Bonchev–Trinajstić information content (AvgIpc) is 3.44. The smallest absolute Gasteiger partial charge is 0.293 e. The van der Waals surface area contributed by atoms with Crippen LogP contribution in [0.1, 0.15) is 0 Å². The Hall–Kier alpha value is -4.50. The van der Waals surface area contributed by atoms with Crippen molar-refractivity contribution in [1.29, 1.82) is 0 Å². The zero-order chi connectivity index (χ0) is 25.4. The summed E-state index contributed by atoms with van der Waals surface area (Å²) in [5, 5.41) is 7.36. The van der Waals surface area contributed by atoms with E-state index in [1.54, 1.807) is 19.3 Å². The summed E-state index contributed by atoms with van der Waals surface area (Å²) in [6, 6.07) is 20.5. The standard InChI is InChI=1S/C28H25FN6O2/c1-33-26-15-19(20-17-30-35(18-20)21-5-3-2-4-6-21)7-9-25(26)32-27(28(33)36)31-24-10-8-22(16-23(24)29)34-11-13-37-14-12-34/h2-10,15-18H,11-14H2,1H3,(H,31,32). The van der Waals surface area contributed by atoms with Crippen molar-refractivity contribution in [2.75, 3.05) is 36.5 Å². The van der Waals surface area contributed by atoms with E-state index in [4.69, 9.17) is 4.74 Å². The summed E-state index contributed by atoms with van der Waals surface area (Å²) in [4.78, 5) is 19.7. The molecule has 3 heterocycles. The van der Waals surface area contributed by atoms with E-state index < -0.39 is 5.82 Å². The Morgan fingerprint density at radius 3 is 2.54 bits per heavy atom. The highest BCUT2D eigenvalue weighted by molar-refractivity contribution is 5.83. The molecule has 0 saturated carbocycles. The molecule has 0 unspecified atom stereocenters. The van der Waals surface area contributed by atoms with E-state index in [1.807, 2.05) is 65.5 Å². The number of rotatable bonds is 5. The second-order valence-corrected chi connectivity index (χ2v) is 8.93. The number of para-hydroxylation sites is 1. The van der Waals surface area contributed by atoms with E-state index in [9.17, 15) is 9.18 Å². The molecule has 0 bridgehead atoms. The molecule has 1 aliphatic heterocycles. The number of aryl methyl sites for hydroxylation is 1. The molecule has 37 heavy (non-hydrogen) atoms. The first-order valence-electron chi connectivity index (χ1n) is 12.1. The fraction of sp³-hybridized carbons (Fsp3) is 0.179. The first-order valence-corrected chi connectivity index (χ1v) is 12.1. The normalized spacial score (nSPS) is 13.7. The van der Waals surface area contributed by atoms with Crippen LogP contribution in [-0.2, 0) is 11.8 Å². The fourth-order valence-corrected chi connectivity index (χ4v) is 4.53. The zero-order valence-electron chi connectivity index (χ0n) is 20.3. The van der Waals surface area contributed by atoms with Gasteiger partial charge in [-0.3, -0.25) is 4.79 Å². The lowest BCUT2D eigenvalue weighted by atomic mass is 10.1. The van der Waals surface area contributed by atoms with Crippen LogP contribution in [0.25, 0.3) is 27.8 Å². The molecule has 0 amide bonds. The van der Waals surface area contributed by atoms with Crippen LogP contribution in [0.15, 0.2) is 83.9 Å². The van der Waals surface area contributed by atoms with E-state index in [1.165, 1.54) is 10.6 Å². The first kappa shape index (κ1) is 22.9. The average molecular weight is 497 g/mol. The van der Waals surface area contributed by atoms with Gasteiger partial charge in [-0.2, -0.15) is 5.10 Å². The largest absolute Gasteiger partial charge is 0.378 e. The molecule has 1 saturated heterocycles. The van der Waals surface area contributed by atoms with Crippen molar-refractivity contribution in [1.82, 2.24) is 19.3 Å². The molecule has 0 atom stereocenters. The van der Waals surface area contributed by atoms with Crippen molar-refractivity contribution in [2.24, 2.45) is 7.05 Å². The minimum atomic E-state index is -0.446. The number of ether oxygens (including phenoxy) is 1. The summed E-state index contributed by atoms with van der Waals surface area (Å²) in [6.07, 6.45) is 3.74. The molecule has 9 heteroatoms. The maximum absolute atomic E-state index is 14.9. The van der Waals surface area contributed by atoms with Crippen molar-refractivity contribution in [3.8, 4) is 16.8 Å². The number of nitrogens with one attached hydrogen (secondary N) is 1. The maximum atomic E-state index is 14.9. The third-order valence-electron chi connectivity index (χ3n) is 6.59. The lowest BCUT2D eigenvalue weighted by molar-refractivity contribution is 0.122. The van der Waals surface area contributed by atoms with E-state index in [-0.39, 0.29) is 17.1 Å². The fourth-order valence-electron chi connectivity index (χ4n) is 4.53. The number of fused-ring (bicyclic) bond motifs is 1. The molecular weight excluding hydrogens is 471 g/mol. The van der Waals surface area contributed by atoms with Crippen LogP contribution in [0.4, 0.5) is 21.6 Å². The van der Waals surface area contributed by atoms with Crippen molar-refractivity contribution in [2.45, 2.75) is 0 Å². The predicted molar refractivity (Wildman–Crippen MR) is 142 cm³/mol. The van der Waals surface area contributed by atoms with Gasteiger partial charge in [0.15, 0.2) is 5.82 Å². The molecule has 1 fully saturated rings. The number of aromatic nitrogens is 4. The van der Waals surface area contributed by atoms with Crippen LogP contribution in [0.5, 0.6) is 0 Å². The minimum absolute atomic E-state index is 0.0673. The Balaban J connectivity index is 1.29. The van der Waals surface area contributed by atoms with E-state index in [0.29, 0.717) is 37.3 Å². The van der Waals surface area contributed by atoms with E-state index in [0.717, 1.165) is 22.5 Å². The molecule has 0 aliphatic carbocycles. The molecular formula is C28H25FN6O2. The van der Waals surface area contributed by atoms with Crippen LogP contribution in [0, 0.1) is 5.82 Å². The van der Waals surface area contributed by atoms with Gasteiger partial charge in [0.1, 0.15) is 5.82 Å². The van der Waals surface area contributed by atoms with Crippen molar-refractivity contribution >= 4 is 28.2 Å². The molecule has 8 nitrogen and oxygen atoms in total. The van der Waals surface area contributed by atoms with Gasteiger partial charge in [-0.05, 0) is 48.0 Å². The highest BCUT2D eigenvalue weighted by Gasteiger charge is 2.16. The van der Waals surface area contributed by atoms with Gasteiger partial charge in [-0.1, -0.05) is 24.3 Å². The van der Waals surface area contributed by atoms with Gasteiger partial charge in [0.2, 0.25) is 0 Å². The summed E-state index contributed by atoms with van der Waals surface area (Å²) in [7, 11) is 1.69. The highest BCUT2D eigenvalue weighted by Crippen LogP contribution is 2.27. The second-order valence-electron chi connectivity index (χ2n) is 8.93. The third kappa shape index (κ3) is 4.45. The van der Waals surface area contributed by atoms with Gasteiger partial charge in [0.05, 0.1) is 41.8 Å². The molecule has 0 spiro atoms. The van der Waals surface area contributed by atoms with Gasteiger partial charge in [-0.15, -0.1) is 0 Å². The van der Waals surface area contributed by atoms with Gasteiger partial charge in [-0.25, -0.2) is 14.1 Å². The Kier molecular flexibility index (Phi) is 5.90.